The first kappa shape index (κ1) is 45.2. The van der Waals surface area contributed by atoms with Gasteiger partial charge in [-0.3, -0.25) is 24.8 Å². The van der Waals surface area contributed by atoms with Gasteiger partial charge in [-0.1, -0.05) is 19.1 Å². The summed E-state index contributed by atoms with van der Waals surface area (Å²) in [6.45, 7) is 15.0. The molecule has 0 saturated carbocycles. The number of nitrogens with zero attached hydrogens (tertiary/aromatic N) is 7. The third-order valence-electron chi connectivity index (χ3n) is 13.0. The molecule has 1 unspecified atom stereocenters. The number of hydrogen-bond acceptors (Lipinski definition) is 14. The molecule has 6 heterocycles. The van der Waals surface area contributed by atoms with E-state index in [9.17, 15) is 14.2 Å². The average molecular weight is 980 g/mol. The topological polar surface area (TPSA) is 158 Å². The van der Waals surface area contributed by atoms with Crippen molar-refractivity contribution in [3.8, 4) is 5.75 Å². The number of methoxy groups -OCH3 is 1. The van der Waals surface area contributed by atoms with E-state index in [1.807, 2.05) is 31.2 Å². The Balaban J connectivity index is 0.799. The third-order valence-corrected chi connectivity index (χ3v) is 16.3. The van der Waals surface area contributed by atoms with Gasteiger partial charge in [0.1, 0.15) is 23.7 Å². The minimum Gasteiger partial charge on any atom is -0.494 e. The molecule has 65 heavy (non-hydrogen) atoms. The van der Waals surface area contributed by atoms with Crippen LogP contribution in [0.5, 0.6) is 5.75 Å². The summed E-state index contributed by atoms with van der Waals surface area (Å²) < 4.78 is 21.4. The van der Waals surface area contributed by atoms with Crippen LogP contribution in [0.3, 0.4) is 0 Å². The van der Waals surface area contributed by atoms with E-state index in [1.165, 1.54) is 16.8 Å². The molecule has 6 aromatic rings. The third kappa shape index (κ3) is 9.93. The van der Waals surface area contributed by atoms with Crippen LogP contribution in [0.1, 0.15) is 60.4 Å². The Morgan fingerprint density at radius 2 is 1.69 bits per heavy atom. The second kappa shape index (κ2) is 19.1. The van der Waals surface area contributed by atoms with Crippen molar-refractivity contribution in [1.29, 1.82) is 0 Å². The minimum atomic E-state index is -2.72. The van der Waals surface area contributed by atoms with Gasteiger partial charge in [-0.25, -0.2) is 9.97 Å². The highest BCUT2D eigenvalue weighted by molar-refractivity contribution is 9.10. The van der Waals surface area contributed by atoms with Gasteiger partial charge in [0.25, 0.3) is 0 Å². The first-order valence-corrected chi connectivity index (χ1v) is 26.7. The number of hydrogen-bond donors (Lipinski definition) is 3. The summed E-state index contributed by atoms with van der Waals surface area (Å²) in [6, 6.07) is 19.1. The standard InChI is InChI=1S/C48H56BrN10O4PS/c1-6-31-26-39(54-48-50-28-35(49)45(56-48)52-38-13-12-36-33(9-7-29(2)51-36)44(38)64(4,5)62)41(63-3)27-40(31)59-19-16-32(17-20-59)58-23-21-57(22-24-58)18-15-30-8-11-37-42(25-30)65-47(53-37)34-10-14-43(60)55-46(34)61/h7-9,11-13,25-28,32,34H,6,10,14-24H2,1-5H3,(H,55,60,61)(H2,50,52,54,56). The number of thiazole rings is 1. The van der Waals surface area contributed by atoms with Gasteiger partial charge in [0, 0.05) is 92.6 Å². The van der Waals surface area contributed by atoms with Crippen molar-refractivity contribution in [3.63, 3.8) is 0 Å². The number of carbonyl (C=O) groups is 2. The summed E-state index contributed by atoms with van der Waals surface area (Å²) in [4.78, 5) is 50.7. The number of amides is 2. The van der Waals surface area contributed by atoms with Gasteiger partial charge in [0.05, 0.1) is 44.6 Å². The fraction of sp³-hybridized carbons (Fsp3) is 0.417. The van der Waals surface area contributed by atoms with Crippen LogP contribution in [0.2, 0.25) is 0 Å². The number of imide groups is 1. The summed E-state index contributed by atoms with van der Waals surface area (Å²) >= 11 is 5.20. The highest BCUT2D eigenvalue weighted by Crippen LogP contribution is 2.42. The van der Waals surface area contributed by atoms with Crippen LogP contribution >= 0.6 is 34.4 Å². The number of carbonyl (C=O) groups excluding carboxylic acids is 2. The molecule has 340 valence electrons. The van der Waals surface area contributed by atoms with E-state index >= 15 is 0 Å². The molecule has 14 nitrogen and oxygen atoms in total. The number of halogens is 1. The number of rotatable bonds is 13. The van der Waals surface area contributed by atoms with E-state index in [-0.39, 0.29) is 17.7 Å². The molecule has 2 amide bonds. The van der Waals surface area contributed by atoms with Gasteiger partial charge in [-0.2, -0.15) is 4.98 Å². The van der Waals surface area contributed by atoms with Gasteiger partial charge in [0.2, 0.25) is 17.8 Å². The molecule has 3 fully saturated rings. The molecule has 3 saturated heterocycles. The van der Waals surface area contributed by atoms with E-state index in [4.69, 9.17) is 14.7 Å². The first-order chi connectivity index (χ1) is 31.3. The number of anilines is 5. The lowest BCUT2D eigenvalue weighted by molar-refractivity contribution is -0.134. The average Bonchev–Trinajstić information content (AvgIpc) is 3.72. The van der Waals surface area contributed by atoms with Crippen LogP contribution in [0.4, 0.5) is 28.8 Å². The van der Waals surface area contributed by atoms with E-state index in [0.717, 1.165) is 120 Å². The summed E-state index contributed by atoms with van der Waals surface area (Å²) in [5.41, 5.74) is 7.85. The van der Waals surface area contributed by atoms with E-state index in [2.05, 4.69) is 93.8 Å². The summed E-state index contributed by atoms with van der Waals surface area (Å²) in [5, 5.41) is 11.7. The Morgan fingerprint density at radius 3 is 2.43 bits per heavy atom. The number of aryl methyl sites for hydroxylation is 2. The lowest BCUT2D eigenvalue weighted by Gasteiger charge is -2.43. The maximum absolute atomic E-state index is 13.7. The lowest BCUT2D eigenvalue weighted by Crippen LogP contribution is -2.53. The smallest absolute Gasteiger partial charge is 0.236 e. The number of benzene rings is 3. The second-order valence-electron chi connectivity index (χ2n) is 17.7. The molecular formula is C48H56BrN10O4PS. The summed E-state index contributed by atoms with van der Waals surface area (Å²) in [7, 11) is -1.02. The number of fused-ring (bicyclic) bond motifs is 2. The van der Waals surface area contributed by atoms with Crippen LogP contribution in [0.25, 0.3) is 21.1 Å². The zero-order valence-electron chi connectivity index (χ0n) is 37.6. The minimum absolute atomic E-state index is 0.200. The normalized spacial score (nSPS) is 18.1. The largest absolute Gasteiger partial charge is 0.494 e. The van der Waals surface area contributed by atoms with Crippen LogP contribution < -0.4 is 30.9 Å². The van der Waals surface area contributed by atoms with Crippen molar-refractivity contribution in [1.82, 2.24) is 35.1 Å². The first-order valence-electron chi connectivity index (χ1n) is 22.5. The van der Waals surface area contributed by atoms with Crippen molar-refractivity contribution >= 4 is 101 Å². The van der Waals surface area contributed by atoms with Gasteiger partial charge in [-0.15, -0.1) is 11.3 Å². The van der Waals surface area contributed by atoms with Crippen LogP contribution in [0.15, 0.2) is 65.3 Å². The number of pyridine rings is 1. The molecule has 3 N–H and O–H groups in total. The quantitative estimate of drug-likeness (QED) is 0.0750. The van der Waals surface area contributed by atoms with Crippen molar-refractivity contribution in [2.24, 2.45) is 0 Å². The Morgan fingerprint density at radius 1 is 0.908 bits per heavy atom. The number of piperidine rings is 2. The van der Waals surface area contributed by atoms with Gasteiger partial charge < -0.3 is 29.7 Å². The van der Waals surface area contributed by atoms with Crippen LogP contribution in [0, 0.1) is 6.92 Å². The van der Waals surface area contributed by atoms with Crippen molar-refractivity contribution in [2.75, 3.05) is 81.8 Å². The van der Waals surface area contributed by atoms with Crippen molar-refractivity contribution < 1.29 is 18.9 Å². The maximum Gasteiger partial charge on any atom is 0.236 e. The van der Waals surface area contributed by atoms with E-state index in [0.29, 0.717) is 40.8 Å². The molecule has 0 spiro atoms. The summed E-state index contributed by atoms with van der Waals surface area (Å²) in [5.74, 6) is 0.891. The lowest BCUT2D eigenvalue weighted by atomic mass is 9.99. The molecule has 0 radical (unpaired) electrons. The molecular weight excluding hydrogens is 924 g/mol. The fourth-order valence-corrected chi connectivity index (χ4v) is 12.5. The Hall–Kier alpha value is -4.99. The maximum atomic E-state index is 13.7. The Bertz CT molecular complexity index is 2820. The molecule has 3 aromatic carbocycles. The van der Waals surface area contributed by atoms with Gasteiger partial charge in [0.15, 0.2) is 0 Å². The predicted octanol–water partition coefficient (Wildman–Crippen LogP) is 8.36. The second-order valence-corrected chi connectivity index (χ2v) is 22.8. The number of piperazine rings is 1. The van der Waals surface area contributed by atoms with Crippen molar-refractivity contribution in [2.45, 2.75) is 64.3 Å². The number of ether oxygens (including phenoxy) is 1. The Kier molecular flexibility index (Phi) is 13.3. The molecule has 3 aliphatic heterocycles. The fourth-order valence-electron chi connectivity index (χ4n) is 9.52. The van der Waals surface area contributed by atoms with E-state index < -0.39 is 7.14 Å². The van der Waals surface area contributed by atoms with Crippen LogP contribution in [-0.4, -0.2) is 114 Å². The zero-order chi connectivity index (χ0) is 45.4. The summed E-state index contributed by atoms with van der Waals surface area (Å²) in [6.07, 6.45) is 6.66. The molecule has 0 aliphatic carbocycles. The SMILES string of the molecule is CCc1cc(Nc2ncc(Br)c(Nc3ccc4nc(C)ccc4c3P(C)(C)=O)n2)c(OC)cc1N1CCC(N2CCN(CCc3ccc4nc(C5CCC(=O)NC5=O)sc4c3)CC2)CC1. The zero-order valence-corrected chi connectivity index (χ0v) is 40.9. The van der Waals surface area contributed by atoms with Gasteiger partial charge in [-0.05, 0) is 116 Å². The monoisotopic (exact) mass is 978 g/mol. The number of aromatic nitrogens is 4. The Labute approximate surface area is 392 Å². The highest BCUT2D eigenvalue weighted by atomic mass is 79.9. The highest BCUT2D eigenvalue weighted by Gasteiger charge is 2.32. The molecule has 1 atom stereocenters. The molecule has 3 aromatic heterocycles. The molecule has 3 aliphatic rings. The molecule has 9 rings (SSSR count). The van der Waals surface area contributed by atoms with E-state index in [1.54, 1.807) is 38.0 Å². The molecule has 0 bridgehead atoms. The van der Waals surface area contributed by atoms with Gasteiger partial charge >= 0.3 is 0 Å². The number of nitrogens with one attached hydrogen (secondary N) is 3. The predicted molar refractivity (Wildman–Crippen MR) is 266 cm³/mol. The molecule has 17 heteroatoms. The van der Waals surface area contributed by atoms with Crippen molar-refractivity contribution in [3.05, 3.63) is 87.1 Å². The van der Waals surface area contributed by atoms with Crippen LogP contribution in [-0.2, 0) is 27.0 Å².